The normalized spacial score (nSPS) is 35.3. The highest BCUT2D eigenvalue weighted by Gasteiger charge is 2.40. The van der Waals surface area contributed by atoms with Crippen molar-refractivity contribution in [2.45, 2.75) is 12.8 Å². The quantitative estimate of drug-likeness (QED) is 0.398. The summed E-state index contributed by atoms with van der Waals surface area (Å²) in [6.07, 6.45) is 5.39. The monoisotopic (exact) mass is 151 g/mol. The molecule has 0 radical (unpaired) electrons. The van der Waals surface area contributed by atoms with Gasteiger partial charge in [0.2, 0.25) is 11.8 Å². The average Bonchev–Trinajstić information content (AvgIpc) is 2.30. The molecule has 1 heterocycles. The third-order valence-electron chi connectivity index (χ3n) is 2.35. The third-order valence-corrected chi connectivity index (χ3v) is 2.35. The molecule has 0 aromatic carbocycles. The van der Waals surface area contributed by atoms with Gasteiger partial charge in [0.1, 0.15) is 0 Å². The molecule has 0 spiro atoms. The van der Waals surface area contributed by atoms with E-state index in [4.69, 9.17) is 0 Å². The molecule has 3 heteroatoms. The maximum Gasteiger partial charge on any atom is 0.230 e. The summed E-state index contributed by atoms with van der Waals surface area (Å²) < 4.78 is 0. The van der Waals surface area contributed by atoms with Gasteiger partial charge in [-0.05, 0) is 12.8 Å². The molecule has 1 saturated heterocycles. The summed E-state index contributed by atoms with van der Waals surface area (Å²) in [4.78, 5) is 22.1. The van der Waals surface area contributed by atoms with E-state index >= 15 is 0 Å². The number of rotatable bonds is 0. The van der Waals surface area contributed by atoms with E-state index < -0.39 is 0 Å². The van der Waals surface area contributed by atoms with Crippen LogP contribution in [0.4, 0.5) is 0 Å². The van der Waals surface area contributed by atoms with E-state index in [2.05, 4.69) is 5.32 Å². The van der Waals surface area contributed by atoms with Crippen molar-refractivity contribution >= 4 is 11.8 Å². The van der Waals surface area contributed by atoms with E-state index in [1.54, 1.807) is 0 Å². The van der Waals surface area contributed by atoms with Crippen LogP contribution in [0.25, 0.3) is 0 Å². The van der Waals surface area contributed by atoms with Gasteiger partial charge in [0.15, 0.2) is 0 Å². The topological polar surface area (TPSA) is 46.2 Å². The van der Waals surface area contributed by atoms with Gasteiger partial charge >= 0.3 is 0 Å². The molecule has 1 fully saturated rings. The van der Waals surface area contributed by atoms with Crippen molar-refractivity contribution in [1.82, 2.24) is 5.32 Å². The van der Waals surface area contributed by atoms with Crippen LogP contribution in [0, 0.1) is 11.8 Å². The summed E-state index contributed by atoms with van der Waals surface area (Å²) in [6, 6.07) is 0. The van der Waals surface area contributed by atoms with Crippen molar-refractivity contribution in [2.24, 2.45) is 11.8 Å². The Kier molecular flexibility index (Phi) is 1.31. The summed E-state index contributed by atoms with van der Waals surface area (Å²) in [5, 5.41) is 2.34. The lowest BCUT2D eigenvalue weighted by Crippen LogP contribution is -2.21. The van der Waals surface area contributed by atoms with E-state index in [1.807, 2.05) is 12.2 Å². The highest BCUT2D eigenvalue weighted by Crippen LogP contribution is 2.29. The van der Waals surface area contributed by atoms with Crippen LogP contribution in [0.1, 0.15) is 12.8 Å². The Bertz CT molecular complexity index is 220. The Morgan fingerprint density at radius 3 is 2.00 bits per heavy atom. The SMILES string of the molecule is O=C1NC(=O)[C@H]2CC=CC[C@H]12. The van der Waals surface area contributed by atoms with Crippen molar-refractivity contribution in [2.75, 3.05) is 0 Å². The first kappa shape index (κ1) is 6.58. The Morgan fingerprint density at radius 2 is 1.55 bits per heavy atom. The second-order valence-electron chi connectivity index (χ2n) is 3.01. The van der Waals surface area contributed by atoms with Gasteiger partial charge in [0.05, 0.1) is 11.8 Å². The van der Waals surface area contributed by atoms with Crippen LogP contribution in [0.2, 0.25) is 0 Å². The molecule has 1 aliphatic heterocycles. The smallest absolute Gasteiger partial charge is 0.230 e. The van der Waals surface area contributed by atoms with Gasteiger partial charge in [-0.2, -0.15) is 0 Å². The van der Waals surface area contributed by atoms with Gasteiger partial charge in [-0.3, -0.25) is 14.9 Å². The van der Waals surface area contributed by atoms with Gasteiger partial charge in [0.25, 0.3) is 0 Å². The molecule has 0 unspecified atom stereocenters. The molecule has 2 amide bonds. The molecular weight excluding hydrogens is 142 g/mol. The number of imide groups is 1. The number of amides is 2. The number of carbonyl (C=O) groups is 2. The molecule has 0 aromatic rings. The zero-order chi connectivity index (χ0) is 7.84. The molecule has 11 heavy (non-hydrogen) atoms. The van der Waals surface area contributed by atoms with E-state index in [0.717, 1.165) is 12.8 Å². The fourth-order valence-electron chi connectivity index (χ4n) is 1.70. The number of fused-ring (bicyclic) bond motifs is 1. The summed E-state index contributed by atoms with van der Waals surface area (Å²) in [6.45, 7) is 0. The van der Waals surface area contributed by atoms with Crippen LogP contribution >= 0.6 is 0 Å². The lowest BCUT2D eigenvalue weighted by Gasteiger charge is -2.14. The van der Waals surface area contributed by atoms with Crippen LogP contribution in [-0.2, 0) is 9.59 Å². The molecule has 2 rings (SSSR count). The third kappa shape index (κ3) is 0.878. The maximum atomic E-state index is 11.1. The first-order chi connectivity index (χ1) is 5.29. The van der Waals surface area contributed by atoms with Crippen LogP contribution in [0.3, 0.4) is 0 Å². The molecule has 2 aliphatic rings. The average molecular weight is 151 g/mol. The Labute approximate surface area is 64.5 Å². The molecule has 1 N–H and O–H groups in total. The minimum Gasteiger partial charge on any atom is -0.296 e. The minimum atomic E-state index is -0.0932. The van der Waals surface area contributed by atoms with Crippen molar-refractivity contribution in [3.05, 3.63) is 12.2 Å². The maximum absolute atomic E-state index is 11.1. The van der Waals surface area contributed by atoms with Crippen molar-refractivity contribution in [3.63, 3.8) is 0 Å². The first-order valence-corrected chi connectivity index (χ1v) is 3.79. The van der Waals surface area contributed by atoms with Crippen molar-refractivity contribution < 1.29 is 9.59 Å². The van der Waals surface area contributed by atoms with Crippen LogP contribution in [-0.4, -0.2) is 11.8 Å². The zero-order valence-electron chi connectivity index (χ0n) is 6.04. The van der Waals surface area contributed by atoms with E-state index in [0.29, 0.717) is 0 Å². The molecule has 1 aliphatic carbocycles. The fraction of sp³-hybridized carbons (Fsp3) is 0.500. The molecule has 0 bridgehead atoms. The predicted octanol–water partition coefficient (Wildman–Crippen LogP) is 0.225. The van der Waals surface area contributed by atoms with Crippen LogP contribution < -0.4 is 5.32 Å². The second-order valence-corrected chi connectivity index (χ2v) is 3.01. The minimum absolute atomic E-state index is 0.0764. The number of allylic oxidation sites excluding steroid dienone is 2. The zero-order valence-corrected chi connectivity index (χ0v) is 6.04. The molecular formula is C8H9NO2. The van der Waals surface area contributed by atoms with E-state index in [-0.39, 0.29) is 23.7 Å². The standard InChI is InChI=1S/C8H9NO2/c10-7-5-3-1-2-4-6(5)8(11)9-7/h1-2,5-6H,3-4H2,(H,9,10,11)/t5-,6-/m0/s1. The van der Waals surface area contributed by atoms with E-state index in [9.17, 15) is 9.59 Å². The second kappa shape index (κ2) is 2.19. The number of carbonyl (C=O) groups excluding carboxylic acids is 2. The highest BCUT2D eigenvalue weighted by atomic mass is 16.2. The summed E-state index contributed by atoms with van der Waals surface area (Å²) >= 11 is 0. The molecule has 3 nitrogen and oxygen atoms in total. The predicted molar refractivity (Wildman–Crippen MR) is 38.5 cm³/mol. The van der Waals surface area contributed by atoms with Crippen molar-refractivity contribution in [3.8, 4) is 0 Å². The number of hydrogen-bond acceptors (Lipinski definition) is 2. The van der Waals surface area contributed by atoms with Crippen LogP contribution in [0.5, 0.6) is 0 Å². The van der Waals surface area contributed by atoms with Gasteiger partial charge in [0, 0.05) is 0 Å². The largest absolute Gasteiger partial charge is 0.296 e. The first-order valence-electron chi connectivity index (χ1n) is 3.79. The Hall–Kier alpha value is -1.12. The molecule has 58 valence electrons. The van der Waals surface area contributed by atoms with Gasteiger partial charge in [-0.15, -0.1) is 0 Å². The number of nitrogens with one attached hydrogen (secondary N) is 1. The van der Waals surface area contributed by atoms with Crippen LogP contribution in [0.15, 0.2) is 12.2 Å². The van der Waals surface area contributed by atoms with Crippen molar-refractivity contribution in [1.29, 1.82) is 0 Å². The lowest BCUT2D eigenvalue weighted by molar-refractivity contribution is -0.126. The lowest BCUT2D eigenvalue weighted by atomic mass is 9.85. The molecule has 0 saturated carbocycles. The fourth-order valence-corrected chi connectivity index (χ4v) is 1.70. The van der Waals surface area contributed by atoms with Gasteiger partial charge < -0.3 is 0 Å². The summed E-state index contributed by atoms with van der Waals surface area (Å²) in [5.41, 5.74) is 0. The van der Waals surface area contributed by atoms with Gasteiger partial charge in [-0.25, -0.2) is 0 Å². The molecule has 0 aromatic heterocycles. The number of hydrogen-bond donors (Lipinski definition) is 1. The highest BCUT2D eigenvalue weighted by molar-refractivity contribution is 6.05. The summed E-state index contributed by atoms with van der Waals surface area (Å²) in [5.74, 6) is -0.339. The summed E-state index contributed by atoms with van der Waals surface area (Å²) in [7, 11) is 0. The van der Waals surface area contributed by atoms with Gasteiger partial charge in [-0.1, -0.05) is 12.2 Å². The molecule has 2 atom stereocenters. The van der Waals surface area contributed by atoms with E-state index in [1.165, 1.54) is 0 Å². The Balaban J connectivity index is 2.28. The Morgan fingerprint density at radius 1 is 1.09 bits per heavy atom.